The van der Waals surface area contributed by atoms with Crippen molar-refractivity contribution in [2.24, 2.45) is 0 Å². The fourth-order valence-corrected chi connectivity index (χ4v) is 7.48. The molecule has 1 aromatic carbocycles. The summed E-state index contributed by atoms with van der Waals surface area (Å²) in [4.78, 5) is 25.3. The maximum atomic E-state index is 12.8. The van der Waals surface area contributed by atoms with Crippen LogP contribution in [0.1, 0.15) is 32.3 Å². The van der Waals surface area contributed by atoms with Crippen LogP contribution in [-0.2, 0) is 32.3 Å². The molecule has 0 saturated carbocycles. The molecule has 2 aromatic heterocycles. The van der Waals surface area contributed by atoms with Crippen LogP contribution in [0.15, 0.2) is 64.1 Å². The van der Waals surface area contributed by atoms with E-state index in [4.69, 9.17) is 0 Å². The summed E-state index contributed by atoms with van der Waals surface area (Å²) < 4.78 is 50.8. The molecule has 1 saturated heterocycles. The lowest BCUT2D eigenvalue weighted by Crippen LogP contribution is -2.52. The van der Waals surface area contributed by atoms with E-state index in [2.05, 4.69) is 28.7 Å². The number of carbonyl (C=O) groups excluding carboxylic acids is 1. The molecule has 4 rings (SSSR count). The second kappa shape index (κ2) is 13.9. The highest BCUT2D eigenvalue weighted by Crippen LogP contribution is 2.27. The highest BCUT2D eigenvalue weighted by atomic mass is 32.2. The fourth-order valence-electron chi connectivity index (χ4n) is 4.91. The minimum Gasteiger partial charge on any atom is -0.768 e. The van der Waals surface area contributed by atoms with Gasteiger partial charge in [-0.25, -0.2) is 13.4 Å². The van der Waals surface area contributed by atoms with Gasteiger partial charge in [0.25, 0.3) is 0 Å². The number of piperazine rings is 1. The number of aromatic nitrogens is 2. The summed E-state index contributed by atoms with van der Waals surface area (Å²) in [6.45, 7) is 6.83. The quantitative estimate of drug-likeness (QED) is 0.215. The van der Waals surface area contributed by atoms with Crippen molar-refractivity contribution in [2.45, 2.75) is 48.9 Å². The third-order valence-corrected chi connectivity index (χ3v) is 10.5. The van der Waals surface area contributed by atoms with Crippen molar-refractivity contribution in [1.29, 1.82) is 0 Å². The van der Waals surface area contributed by atoms with Crippen LogP contribution in [0.2, 0.25) is 0 Å². The topological polar surface area (TPSA) is 127 Å². The predicted molar refractivity (Wildman–Crippen MR) is 154 cm³/mol. The van der Waals surface area contributed by atoms with Gasteiger partial charge in [-0.15, -0.1) is 11.3 Å². The third kappa shape index (κ3) is 7.39. The molecule has 1 amide bonds. The van der Waals surface area contributed by atoms with E-state index >= 15 is 0 Å². The van der Waals surface area contributed by atoms with Gasteiger partial charge < -0.3 is 14.4 Å². The monoisotopic (exact) mass is 604 g/mol. The van der Waals surface area contributed by atoms with E-state index in [0.717, 1.165) is 42.1 Å². The Morgan fingerprint density at radius 3 is 2.67 bits per heavy atom. The molecule has 216 valence electrons. The molecule has 0 bridgehead atoms. The first-order valence-corrected chi connectivity index (χ1v) is 16.6. The maximum absolute atomic E-state index is 12.8. The highest BCUT2D eigenvalue weighted by molar-refractivity contribution is 7.89. The molecule has 0 N–H and O–H groups in total. The summed E-state index contributed by atoms with van der Waals surface area (Å²) in [5.41, 5.74) is 1.58. The van der Waals surface area contributed by atoms with Crippen LogP contribution in [0.5, 0.6) is 0 Å². The van der Waals surface area contributed by atoms with Gasteiger partial charge in [-0.2, -0.15) is 4.31 Å². The third-order valence-electron chi connectivity index (χ3n) is 7.15. The summed E-state index contributed by atoms with van der Waals surface area (Å²) in [5, 5.41) is 2.65. The van der Waals surface area contributed by atoms with Crippen molar-refractivity contribution in [3.8, 4) is 10.6 Å². The molecule has 1 aliphatic rings. The lowest BCUT2D eigenvalue weighted by molar-refractivity contribution is -0.134. The SMILES string of the molecule is CCN(CCCCN1CCN(S(=O)(=O)c2cccnc2)CC1=O)C(C)Cc1ccc(-c2nccs2)cc1S(=O)[O-]. The number of sulfonamides is 1. The molecule has 0 radical (unpaired) electrons. The Labute approximate surface area is 242 Å². The van der Waals surface area contributed by atoms with Crippen molar-refractivity contribution in [1.82, 2.24) is 24.1 Å². The molecule has 40 heavy (non-hydrogen) atoms. The second-order valence-electron chi connectivity index (χ2n) is 9.69. The number of carbonyl (C=O) groups is 1. The van der Waals surface area contributed by atoms with E-state index in [1.54, 1.807) is 23.2 Å². The average Bonchev–Trinajstić information content (AvgIpc) is 3.49. The molecular formula is C27H34N5O5S3-. The van der Waals surface area contributed by atoms with Crippen molar-refractivity contribution >= 4 is 38.3 Å². The van der Waals surface area contributed by atoms with Crippen LogP contribution in [0.25, 0.3) is 10.6 Å². The molecule has 2 unspecified atom stereocenters. The van der Waals surface area contributed by atoms with E-state index in [1.807, 2.05) is 17.5 Å². The zero-order valence-corrected chi connectivity index (χ0v) is 25.1. The summed E-state index contributed by atoms with van der Waals surface area (Å²) in [7, 11) is -3.74. The molecule has 2 atom stereocenters. The van der Waals surface area contributed by atoms with Crippen LogP contribution in [0.4, 0.5) is 0 Å². The van der Waals surface area contributed by atoms with Gasteiger partial charge in [0.1, 0.15) is 9.90 Å². The minimum absolute atomic E-state index is 0.0918. The van der Waals surface area contributed by atoms with E-state index in [0.29, 0.717) is 24.4 Å². The standard InChI is InChI=1S/C27H35N5O5S3/c1-3-30(21(2)17-22-8-9-23(18-25(22)39(34)35)27-29-11-16-38-27)12-4-5-13-31-14-15-32(20-26(31)33)40(36,37)24-7-6-10-28-19-24/h6-11,16,18-19,21H,3-5,12-15,17,20H2,1-2H3,(H,34,35)/p-1. The van der Waals surface area contributed by atoms with E-state index in [9.17, 15) is 22.0 Å². The van der Waals surface area contributed by atoms with Crippen molar-refractivity contribution in [3.05, 3.63) is 59.9 Å². The molecule has 13 heteroatoms. The van der Waals surface area contributed by atoms with Crippen molar-refractivity contribution in [2.75, 3.05) is 39.3 Å². The molecule has 0 aliphatic carbocycles. The van der Waals surface area contributed by atoms with E-state index in [-0.39, 0.29) is 29.9 Å². The first kappa shape index (κ1) is 30.4. The highest BCUT2D eigenvalue weighted by Gasteiger charge is 2.32. The number of rotatable bonds is 13. The molecule has 0 spiro atoms. The Hall–Kier alpha value is -2.55. The molecule has 1 aliphatic heterocycles. The van der Waals surface area contributed by atoms with Crippen molar-refractivity contribution < 1.29 is 22.0 Å². The Morgan fingerprint density at radius 1 is 1.20 bits per heavy atom. The lowest BCUT2D eigenvalue weighted by atomic mass is 10.0. The van der Waals surface area contributed by atoms with Crippen LogP contribution in [0.3, 0.4) is 0 Å². The van der Waals surface area contributed by atoms with Gasteiger partial charge in [-0.3, -0.25) is 14.0 Å². The second-order valence-corrected chi connectivity index (χ2v) is 13.4. The smallest absolute Gasteiger partial charge is 0.245 e. The molecule has 1 fully saturated rings. The number of benzene rings is 1. The first-order chi connectivity index (χ1) is 19.2. The van der Waals surface area contributed by atoms with Crippen molar-refractivity contribution in [3.63, 3.8) is 0 Å². The Morgan fingerprint density at radius 2 is 2.02 bits per heavy atom. The maximum Gasteiger partial charge on any atom is 0.245 e. The number of unbranched alkanes of at least 4 members (excludes halogenated alkanes) is 1. The zero-order valence-electron chi connectivity index (χ0n) is 22.6. The zero-order chi connectivity index (χ0) is 28.7. The predicted octanol–water partition coefficient (Wildman–Crippen LogP) is 3.01. The minimum atomic E-state index is -3.74. The van der Waals surface area contributed by atoms with Gasteiger partial charge in [0.15, 0.2) is 0 Å². The molecular weight excluding hydrogens is 571 g/mol. The fraction of sp³-hybridized carbons (Fsp3) is 0.444. The summed E-state index contributed by atoms with van der Waals surface area (Å²) in [6, 6.07) is 8.67. The normalized spacial score (nSPS) is 16.4. The number of hydrogen-bond acceptors (Lipinski definition) is 9. The van der Waals surface area contributed by atoms with Gasteiger partial charge >= 0.3 is 0 Å². The van der Waals surface area contributed by atoms with Crippen LogP contribution < -0.4 is 0 Å². The number of likely N-dealkylation sites (N-methyl/N-ethyl adjacent to an activating group) is 1. The first-order valence-electron chi connectivity index (χ1n) is 13.2. The van der Waals surface area contributed by atoms with Crippen LogP contribution >= 0.6 is 11.3 Å². The van der Waals surface area contributed by atoms with Crippen LogP contribution in [-0.4, -0.2) is 92.5 Å². The number of hydrogen-bond donors (Lipinski definition) is 0. The van der Waals surface area contributed by atoms with Gasteiger partial charge in [-0.1, -0.05) is 19.1 Å². The summed E-state index contributed by atoms with van der Waals surface area (Å²) in [5.74, 6) is -0.196. The average molecular weight is 605 g/mol. The lowest BCUT2D eigenvalue weighted by Gasteiger charge is -2.34. The molecule has 10 nitrogen and oxygen atoms in total. The van der Waals surface area contributed by atoms with Crippen LogP contribution in [0, 0.1) is 0 Å². The number of pyridine rings is 1. The largest absolute Gasteiger partial charge is 0.768 e. The Bertz CT molecular complexity index is 1400. The molecule has 3 aromatic rings. The van der Waals surface area contributed by atoms with Gasteiger partial charge in [0, 0.05) is 60.1 Å². The summed E-state index contributed by atoms with van der Waals surface area (Å²) in [6.07, 6.45) is 6.77. The Kier molecular flexibility index (Phi) is 10.6. The van der Waals surface area contributed by atoms with E-state index in [1.165, 1.54) is 34.1 Å². The number of thiazole rings is 1. The Balaban J connectivity index is 1.26. The van der Waals surface area contributed by atoms with E-state index < -0.39 is 21.1 Å². The molecule has 3 heterocycles. The van der Waals surface area contributed by atoms with Gasteiger partial charge in [-0.05, 0) is 74.1 Å². The van der Waals surface area contributed by atoms with Gasteiger partial charge in [0.2, 0.25) is 15.9 Å². The van der Waals surface area contributed by atoms with Gasteiger partial charge in [0.05, 0.1) is 6.54 Å². The number of amides is 1. The summed E-state index contributed by atoms with van der Waals surface area (Å²) >= 11 is -0.880. The number of nitrogens with zero attached hydrogens (tertiary/aromatic N) is 5.